The molecule has 0 saturated heterocycles. The summed E-state index contributed by atoms with van der Waals surface area (Å²) in [5, 5.41) is 9.12. The van der Waals surface area contributed by atoms with Crippen LogP contribution in [0.3, 0.4) is 0 Å². The molecule has 0 unspecified atom stereocenters. The van der Waals surface area contributed by atoms with Crippen molar-refractivity contribution in [2.24, 2.45) is 4.99 Å². The fourth-order valence-electron chi connectivity index (χ4n) is 2.38. The zero-order chi connectivity index (χ0) is 20.0. The fraction of sp³-hybridized carbons (Fsp3) is 0.450. The molecule has 0 bridgehead atoms. The molecule has 3 N–H and O–H groups in total. The number of nitrogens with one attached hydrogen (secondary N) is 3. The third kappa shape index (κ3) is 8.68. The van der Waals surface area contributed by atoms with Crippen molar-refractivity contribution in [3.63, 3.8) is 0 Å². The van der Waals surface area contributed by atoms with Crippen LogP contribution in [0.25, 0.3) is 0 Å². The largest absolute Gasteiger partial charge is 0.467 e. The molecule has 0 saturated carbocycles. The predicted octanol–water partition coefficient (Wildman–Crippen LogP) is 2.47. The second-order valence-electron chi connectivity index (χ2n) is 6.14. The number of ether oxygens (including phenoxy) is 1. The van der Waals surface area contributed by atoms with Gasteiger partial charge in [-0.15, -0.1) is 0 Å². The SMILES string of the molecule is CCNC(=NCCCOCc1ccco1)NCCC(=O)Nc1cccc(C)n1. The normalized spacial score (nSPS) is 11.3. The Morgan fingerprint density at radius 1 is 1.25 bits per heavy atom. The minimum Gasteiger partial charge on any atom is -0.467 e. The number of amides is 1. The summed E-state index contributed by atoms with van der Waals surface area (Å²) < 4.78 is 10.7. The summed E-state index contributed by atoms with van der Waals surface area (Å²) in [4.78, 5) is 20.8. The number of carbonyl (C=O) groups is 1. The molecule has 0 atom stereocenters. The van der Waals surface area contributed by atoms with Crippen molar-refractivity contribution in [1.82, 2.24) is 15.6 Å². The van der Waals surface area contributed by atoms with Gasteiger partial charge in [-0.2, -0.15) is 0 Å². The maximum Gasteiger partial charge on any atom is 0.227 e. The van der Waals surface area contributed by atoms with Gasteiger partial charge in [0.05, 0.1) is 6.26 Å². The summed E-state index contributed by atoms with van der Waals surface area (Å²) in [5.41, 5.74) is 0.866. The van der Waals surface area contributed by atoms with Crippen LogP contribution >= 0.6 is 0 Å². The van der Waals surface area contributed by atoms with Crippen molar-refractivity contribution in [3.8, 4) is 0 Å². The van der Waals surface area contributed by atoms with Gasteiger partial charge in [0.2, 0.25) is 5.91 Å². The Morgan fingerprint density at radius 2 is 2.14 bits per heavy atom. The fourth-order valence-corrected chi connectivity index (χ4v) is 2.38. The van der Waals surface area contributed by atoms with Crippen LogP contribution in [0.1, 0.15) is 31.2 Å². The molecule has 0 aliphatic heterocycles. The van der Waals surface area contributed by atoms with Crippen molar-refractivity contribution in [2.45, 2.75) is 33.3 Å². The van der Waals surface area contributed by atoms with Crippen LogP contribution in [0.5, 0.6) is 0 Å². The van der Waals surface area contributed by atoms with Gasteiger partial charge in [-0.1, -0.05) is 6.07 Å². The molecule has 0 fully saturated rings. The molecule has 2 rings (SSSR count). The number of aliphatic imine (C=N–C) groups is 1. The number of rotatable bonds is 11. The molecule has 0 spiro atoms. The van der Waals surface area contributed by atoms with Crippen molar-refractivity contribution < 1.29 is 13.9 Å². The molecule has 0 aliphatic carbocycles. The number of guanidine groups is 1. The highest BCUT2D eigenvalue weighted by molar-refractivity contribution is 5.90. The zero-order valence-corrected chi connectivity index (χ0v) is 16.5. The third-order valence-corrected chi connectivity index (χ3v) is 3.69. The van der Waals surface area contributed by atoms with Crippen LogP contribution < -0.4 is 16.0 Å². The summed E-state index contributed by atoms with van der Waals surface area (Å²) in [7, 11) is 0. The first-order valence-corrected chi connectivity index (χ1v) is 9.53. The summed E-state index contributed by atoms with van der Waals surface area (Å²) in [6.07, 6.45) is 2.76. The predicted molar refractivity (Wildman–Crippen MR) is 109 cm³/mol. The van der Waals surface area contributed by atoms with Gasteiger partial charge in [-0.05, 0) is 44.5 Å². The standard InChI is InChI=1S/C20H29N5O3/c1-3-21-20(22-11-6-13-27-15-17-8-5-14-28-17)23-12-10-19(26)25-18-9-4-7-16(2)24-18/h4-5,7-9,14H,3,6,10-13,15H2,1-2H3,(H2,21,22,23)(H,24,25,26). The lowest BCUT2D eigenvalue weighted by molar-refractivity contribution is -0.116. The van der Waals surface area contributed by atoms with E-state index in [0.717, 1.165) is 24.4 Å². The molecule has 8 nitrogen and oxygen atoms in total. The molecular formula is C20H29N5O3. The number of aryl methyl sites for hydroxylation is 1. The summed E-state index contributed by atoms with van der Waals surface area (Å²) >= 11 is 0. The lowest BCUT2D eigenvalue weighted by Gasteiger charge is -2.11. The smallest absolute Gasteiger partial charge is 0.227 e. The number of carbonyl (C=O) groups excluding carboxylic acids is 1. The minimum absolute atomic E-state index is 0.0900. The minimum atomic E-state index is -0.0900. The van der Waals surface area contributed by atoms with Crippen LogP contribution in [0.4, 0.5) is 5.82 Å². The highest BCUT2D eigenvalue weighted by atomic mass is 16.5. The number of anilines is 1. The molecule has 152 valence electrons. The van der Waals surface area contributed by atoms with Gasteiger partial charge in [0.1, 0.15) is 18.2 Å². The highest BCUT2D eigenvalue weighted by Crippen LogP contribution is 2.04. The quantitative estimate of drug-likeness (QED) is 0.311. The van der Waals surface area contributed by atoms with Crippen LogP contribution in [0, 0.1) is 6.92 Å². The van der Waals surface area contributed by atoms with Crippen LogP contribution in [0.2, 0.25) is 0 Å². The van der Waals surface area contributed by atoms with E-state index in [9.17, 15) is 4.79 Å². The van der Waals surface area contributed by atoms with Crippen LogP contribution in [-0.4, -0.2) is 43.1 Å². The van der Waals surface area contributed by atoms with E-state index >= 15 is 0 Å². The van der Waals surface area contributed by atoms with Crippen LogP contribution in [-0.2, 0) is 16.1 Å². The van der Waals surface area contributed by atoms with Gasteiger partial charge in [-0.25, -0.2) is 4.98 Å². The van der Waals surface area contributed by atoms with Gasteiger partial charge in [-0.3, -0.25) is 9.79 Å². The van der Waals surface area contributed by atoms with E-state index in [1.54, 1.807) is 12.3 Å². The second kappa shape index (κ2) is 12.5. The Kier molecular flexibility index (Phi) is 9.57. The van der Waals surface area contributed by atoms with Gasteiger partial charge < -0.3 is 25.1 Å². The number of nitrogens with zero attached hydrogens (tertiary/aromatic N) is 2. The zero-order valence-electron chi connectivity index (χ0n) is 16.5. The average Bonchev–Trinajstić information content (AvgIpc) is 3.18. The van der Waals surface area contributed by atoms with Gasteiger partial charge >= 0.3 is 0 Å². The molecular weight excluding hydrogens is 358 g/mol. The van der Waals surface area contributed by atoms with Crippen molar-refractivity contribution in [3.05, 3.63) is 48.0 Å². The topological polar surface area (TPSA) is 101 Å². The first kappa shape index (κ1) is 21.4. The lowest BCUT2D eigenvalue weighted by atomic mass is 10.3. The number of pyridine rings is 1. The highest BCUT2D eigenvalue weighted by Gasteiger charge is 2.04. The monoisotopic (exact) mass is 387 g/mol. The second-order valence-corrected chi connectivity index (χ2v) is 6.14. The Balaban J connectivity index is 1.62. The molecule has 2 aromatic rings. The molecule has 0 aliphatic rings. The number of aromatic nitrogens is 1. The van der Waals surface area contributed by atoms with Gasteiger partial charge in [0.15, 0.2) is 5.96 Å². The summed E-state index contributed by atoms with van der Waals surface area (Å²) in [6, 6.07) is 9.26. The van der Waals surface area contributed by atoms with E-state index in [0.29, 0.717) is 44.5 Å². The van der Waals surface area contributed by atoms with Crippen molar-refractivity contribution >= 4 is 17.7 Å². The van der Waals surface area contributed by atoms with E-state index in [4.69, 9.17) is 9.15 Å². The Labute approximate surface area is 165 Å². The van der Waals surface area contributed by atoms with Crippen molar-refractivity contribution in [2.75, 3.05) is 31.6 Å². The van der Waals surface area contributed by atoms with E-state index in [-0.39, 0.29) is 5.91 Å². The third-order valence-electron chi connectivity index (χ3n) is 3.69. The van der Waals surface area contributed by atoms with E-state index in [1.807, 2.05) is 38.1 Å². The Morgan fingerprint density at radius 3 is 2.89 bits per heavy atom. The number of furan rings is 1. The number of hydrogen-bond acceptors (Lipinski definition) is 5. The van der Waals surface area contributed by atoms with Crippen LogP contribution in [0.15, 0.2) is 46.0 Å². The molecule has 2 aromatic heterocycles. The molecule has 0 aromatic carbocycles. The van der Waals surface area contributed by atoms with E-state index in [1.165, 1.54) is 0 Å². The molecule has 8 heteroatoms. The first-order valence-electron chi connectivity index (χ1n) is 9.53. The van der Waals surface area contributed by atoms with Gasteiger partial charge in [0.25, 0.3) is 0 Å². The van der Waals surface area contributed by atoms with Crippen molar-refractivity contribution in [1.29, 1.82) is 0 Å². The molecule has 1 amide bonds. The van der Waals surface area contributed by atoms with Gasteiger partial charge in [0, 0.05) is 38.4 Å². The Hall–Kier alpha value is -2.87. The first-order chi connectivity index (χ1) is 13.7. The summed E-state index contributed by atoms with van der Waals surface area (Å²) in [6.45, 7) is 6.83. The maximum atomic E-state index is 12.0. The summed E-state index contributed by atoms with van der Waals surface area (Å²) in [5.74, 6) is 1.99. The maximum absolute atomic E-state index is 12.0. The van der Waals surface area contributed by atoms with E-state index in [2.05, 4.69) is 25.9 Å². The van der Waals surface area contributed by atoms with E-state index < -0.39 is 0 Å². The molecule has 2 heterocycles. The molecule has 28 heavy (non-hydrogen) atoms. The number of hydrogen-bond donors (Lipinski definition) is 3. The molecule has 0 radical (unpaired) electrons. The lowest BCUT2D eigenvalue weighted by Crippen LogP contribution is -2.38. The average molecular weight is 387 g/mol. The Bertz CT molecular complexity index is 731.